The summed E-state index contributed by atoms with van der Waals surface area (Å²) in [6, 6.07) is 15.9. The van der Waals surface area contributed by atoms with Crippen molar-refractivity contribution < 1.29 is 4.74 Å². The molecule has 0 spiro atoms. The fourth-order valence-corrected chi connectivity index (χ4v) is 3.49. The maximum Gasteiger partial charge on any atom is 0.121 e. The predicted molar refractivity (Wildman–Crippen MR) is 110 cm³/mol. The van der Waals surface area contributed by atoms with Crippen LogP contribution in [-0.2, 0) is 13.1 Å². The number of imidazole rings is 1. The van der Waals surface area contributed by atoms with Crippen LogP contribution in [0.4, 0.5) is 5.69 Å². The fraction of sp³-hybridized carbons (Fsp3) is 0.182. The number of fused-ring (bicyclic) bond motifs is 1. The van der Waals surface area contributed by atoms with Gasteiger partial charge < -0.3 is 19.6 Å². The third-order valence-electron chi connectivity index (χ3n) is 4.83. The van der Waals surface area contributed by atoms with E-state index in [4.69, 9.17) is 10.5 Å². The van der Waals surface area contributed by atoms with Crippen LogP contribution in [0, 0.1) is 11.3 Å². The number of aromatic nitrogens is 3. The van der Waals surface area contributed by atoms with Crippen molar-refractivity contribution >= 4 is 16.6 Å². The Morgan fingerprint density at radius 2 is 2.00 bits per heavy atom. The Bertz CT molecular complexity index is 1130. The minimum atomic E-state index is 0.546. The van der Waals surface area contributed by atoms with Crippen molar-refractivity contribution in [1.82, 2.24) is 14.1 Å². The van der Waals surface area contributed by atoms with Gasteiger partial charge in [-0.05, 0) is 36.8 Å². The van der Waals surface area contributed by atoms with E-state index < -0.39 is 0 Å². The van der Waals surface area contributed by atoms with Crippen LogP contribution in [0.2, 0.25) is 0 Å². The highest BCUT2D eigenvalue weighted by molar-refractivity contribution is 5.95. The number of anilines is 1. The molecule has 0 aliphatic carbocycles. The lowest BCUT2D eigenvalue weighted by Crippen LogP contribution is -2.06. The average molecular weight is 371 g/mol. The van der Waals surface area contributed by atoms with Crippen molar-refractivity contribution in [1.29, 1.82) is 5.26 Å². The lowest BCUT2D eigenvalue weighted by atomic mass is 10.1. The lowest BCUT2D eigenvalue weighted by molar-refractivity contribution is 0.298. The number of aryl methyl sites for hydroxylation is 1. The molecule has 2 heterocycles. The van der Waals surface area contributed by atoms with Gasteiger partial charge in [-0.15, -0.1) is 0 Å². The Hall–Kier alpha value is -3.72. The number of hydrogen-bond acceptors (Lipinski definition) is 4. The van der Waals surface area contributed by atoms with Crippen molar-refractivity contribution in [2.75, 3.05) is 12.3 Å². The molecule has 0 radical (unpaired) electrons. The van der Waals surface area contributed by atoms with E-state index in [0.717, 1.165) is 41.0 Å². The van der Waals surface area contributed by atoms with E-state index >= 15 is 0 Å². The van der Waals surface area contributed by atoms with Crippen LogP contribution in [0.1, 0.15) is 12.5 Å². The molecule has 0 bridgehead atoms. The summed E-state index contributed by atoms with van der Waals surface area (Å²) in [6.07, 6.45) is 5.43. The summed E-state index contributed by atoms with van der Waals surface area (Å²) in [5.41, 5.74) is 10.1. The van der Waals surface area contributed by atoms with Crippen LogP contribution in [0.15, 0.2) is 61.2 Å². The molecule has 0 saturated heterocycles. The summed E-state index contributed by atoms with van der Waals surface area (Å²) in [4.78, 5) is 4.03. The van der Waals surface area contributed by atoms with E-state index in [9.17, 15) is 5.26 Å². The number of nitriles is 1. The molecule has 0 amide bonds. The molecule has 0 unspecified atom stereocenters. The smallest absolute Gasteiger partial charge is 0.121 e. The number of rotatable bonds is 6. The Balaban J connectivity index is 1.72. The van der Waals surface area contributed by atoms with Gasteiger partial charge in [0.25, 0.3) is 0 Å². The molecule has 140 valence electrons. The number of ether oxygens (including phenoxy) is 1. The molecule has 0 fully saturated rings. The predicted octanol–water partition coefficient (Wildman–Crippen LogP) is 4.06. The Kier molecular flexibility index (Phi) is 4.73. The minimum Gasteiger partial charge on any atom is -0.492 e. The van der Waals surface area contributed by atoms with Crippen LogP contribution < -0.4 is 10.5 Å². The third-order valence-corrected chi connectivity index (χ3v) is 4.83. The van der Waals surface area contributed by atoms with Crippen LogP contribution in [-0.4, -0.2) is 20.7 Å². The first-order valence-electron chi connectivity index (χ1n) is 9.22. The molecule has 6 nitrogen and oxygen atoms in total. The monoisotopic (exact) mass is 371 g/mol. The van der Waals surface area contributed by atoms with E-state index in [-0.39, 0.29) is 0 Å². The highest BCUT2D eigenvalue weighted by Crippen LogP contribution is 2.35. The number of hydrogen-bond donors (Lipinski definition) is 1. The van der Waals surface area contributed by atoms with E-state index in [1.165, 1.54) is 0 Å². The molecule has 6 heteroatoms. The standard InChI is InChI=1S/C22H21N5O/c1-2-27-21-13-18(28-12-11-26-10-9-25-15-26)7-8-19(21)20(14-23)22(27)16-3-5-17(24)6-4-16/h3-10,13,15H,2,11-12,24H2,1H3. The second-order valence-corrected chi connectivity index (χ2v) is 6.53. The van der Waals surface area contributed by atoms with E-state index in [2.05, 4.69) is 22.5 Å². The van der Waals surface area contributed by atoms with Gasteiger partial charge in [0.05, 0.1) is 29.6 Å². The van der Waals surface area contributed by atoms with Crippen LogP contribution in [0.25, 0.3) is 22.2 Å². The molecule has 0 aliphatic heterocycles. The van der Waals surface area contributed by atoms with Gasteiger partial charge in [-0.3, -0.25) is 0 Å². The normalized spacial score (nSPS) is 10.9. The summed E-state index contributed by atoms with van der Waals surface area (Å²) in [7, 11) is 0. The van der Waals surface area contributed by atoms with Crippen LogP contribution in [0.3, 0.4) is 0 Å². The van der Waals surface area contributed by atoms with Gasteiger partial charge >= 0.3 is 0 Å². The maximum absolute atomic E-state index is 9.83. The zero-order valence-electron chi connectivity index (χ0n) is 15.7. The Morgan fingerprint density at radius 3 is 2.68 bits per heavy atom. The van der Waals surface area contributed by atoms with Crippen LogP contribution in [0.5, 0.6) is 5.75 Å². The highest BCUT2D eigenvalue weighted by Gasteiger charge is 2.18. The molecule has 2 aromatic heterocycles. The van der Waals surface area contributed by atoms with Crippen molar-refractivity contribution in [3.63, 3.8) is 0 Å². The number of nitrogens with zero attached hydrogens (tertiary/aromatic N) is 4. The first-order chi connectivity index (χ1) is 13.7. The van der Waals surface area contributed by atoms with Gasteiger partial charge in [0, 0.05) is 36.1 Å². The average Bonchev–Trinajstić information content (AvgIpc) is 3.33. The SMILES string of the molecule is CCn1c(-c2ccc(N)cc2)c(C#N)c2ccc(OCCn3ccnc3)cc21. The topological polar surface area (TPSA) is 81.8 Å². The molecule has 4 rings (SSSR count). The number of nitrogens with two attached hydrogens (primary N) is 1. The summed E-state index contributed by atoms with van der Waals surface area (Å²) in [6.45, 7) is 4.10. The molecular formula is C22H21N5O. The van der Waals surface area contributed by atoms with E-state index in [0.29, 0.717) is 17.9 Å². The molecule has 0 aliphatic rings. The zero-order chi connectivity index (χ0) is 19.5. The van der Waals surface area contributed by atoms with Gasteiger partial charge in [0.1, 0.15) is 18.4 Å². The molecular weight excluding hydrogens is 350 g/mol. The number of benzene rings is 2. The first kappa shape index (κ1) is 17.7. The van der Waals surface area contributed by atoms with Gasteiger partial charge in [0.15, 0.2) is 0 Å². The van der Waals surface area contributed by atoms with Gasteiger partial charge in [0.2, 0.25) is 0 Å². The van der Waals surface area contributed by atoms with Gasteiger partial charge in [-0.25, -0.2) is 4.98 Å². The molecule has 28 heavy (non-hydrogen) atoms. The largest absolute Gasteiger partial charge is 0.492 e. The molecule has 0 atom stereocenters. The summed E-state index contributed by atoms with van der Waals surface area (Å²) in [5, 5.41) is 10.8. The van der Waals surface area contributed by atoms with Crippen LogP contribution >= 0.6 is 0 Å². The van der Waals surface area contributed by atoms with Crippen molar-refractivity contribution in [2.24, 2.45) is 0 Å². The second-order valence-electron chi connectivity index (χ2n) is 6.53. The zero-order valence-corrected chi connectivity index (χ0v) is 15.7. The van der Waals surface area contributed by atoms with E-state index in [1.807, 2.05) is 53.2 Å². The van der Waals surface area contributed by atoms with E-state index in [1.54, 1.807) is 12.5 Å². The molecule has 2 aromatic carbocycles. The summed E-state index contributed by atoms with van der Waals surface area (Å²) >= 11 is 0. The molecule has 2 N–H and O–H groups in total. The first-order valence-corrected chi connectivity index (χ1v) is 9.22. The third kappa shape index (κ3) is 3.19. The molecule has 0 saturated carbocycles. The second kappa shape index (κ2) is 7.49. The Labute approximate surface area is 163 Å². The summed E-state index contributed by atoms with van der Waals surface area (Å²) < 4.78 is 10.1. The molecule has 4 aromatic rings. The maximum atomic E-state index is 9.83. The van der Waals surface area contributed by atoms with Gasteiger partial charge in [-0.2, -0.15) is 5.26 Å². The van der Waals surface area contributed by atoms with Gasteiger partial charge in [-0.1, -0.05) is 12.1 Å². The lowest BCUT2D eigenvalue weighted by Gasteiger charge is -2.10. The summed E-state index contributed by atoms with van der Waals surface area (Å²) in [5.74, 6) is 0.785. The number of nitrogen functional groups attached to an aromatic ring is 1. The van der Waals surface area contributed by atoms with Crippen molar-refractivity contribution in [3.05, 3.63) is 66.7 Å². The fourth-order valence-electron chi connectivity index (χ4n) is 3.49. The van der Waals surface area contributed by atoms with Crippen molar-refractivity contribution in [3.8, 4) is 23.1 Å². The Morgan fingerprint density at radius 1 is 1.18 bits per heavy atom. The van der Waals surface area contributed by atoms with Crippen molar-refractivity contribution in [2.45, 2.75) is 20.0 Å². The quantitative estimate of drug-likeness (QED) is 0.518. The minimum absolute atomic E-state index is 0.546. The highest BCUT2D eigenvalue weighted by atomic mass is 16.5.